The zero-order valence-electron chi connectivity index (χ0n) is 10.9. The van der Waals surface area contributed by atoms with Gasteiger partial charge in [0.25, 0.3) is 0 Å². The van der Waals surface area contributed by atoms with Gasteiger partial charge in [-0.1, -0.05) is 12.1 Å². The molecule has 0 aromatic heterocycles. The molecule has 1 aromatic carbocycles. The van der Waals surface area contributed by atoms with Crippen molar-refractivity contribution in [2.45, 2.75) is 23.8 Å². The van der Waals surface area contributed by atoms with E-state index in [4.69, 9.17) is 5.73 Å². The van der Waals surface area contributed by atoms with Crippen LogP contribution in [-0.2, 0) is 25.6 Å². The Morgan fingerprint density at radius 1 is 1.35 bits per heavy atom. The van der Waals surface area contributed by atoms with Crippen molar-refractivity contribution in [2.24, 2.45) is 0 Å². The molecular weight excluding hydrogens is 300 g/mol. The highest BCUT2D eigenvalue weighted by molar-refractivity contribution is 7.92. The van der Waals surface area contributed by atoms with Crippen LogP contribution in [0.15, 0.2) is 24.3 Å². The first-order valence-electron chi connectivity index (χ1n) is 6.32. The average molecular weight is 318 g/mol. The molecule has 1 aromatic rings. The SMILES string of the molecule is Nc1cccc(CS(=O)(=O)NCC2CCCS2(=O)=O)c1. The van der Waals surface area contributed by atoms with E-state index in [2.05, 4.69) is 4.72 Å². The number of nitrogens with two attached hydrogens (primary N) is 1. The summed E-state index contributed by atoms with van der Waals surface area (Å²) in [7, 11) is -6.70. The van der Waals surface area contributed by atoms with Crippen molar-refractivity contribution < 1.29 is 16.8 Å². The fourth-order valence-corrected chi connectivity index (χ4v) is 5.31. The minimum atomic E-state index is -3.56. The standard InChI is InChI=1S/C12H18N2O4S2/c13-11-4-1-3-10(7-11)9-20(17,18)14-8-12-5-2-6-19(12,15)16/h1,3-4,7,12,14H,2,5-6,8-9,13H2. The Hall–Kier alpha value is -1.12. The van der Waals surface area contributed by atoms with Crippen LogP contribution < -0.4 is 10.5 Å². The topological polar surface area (TPSA) is 106 Å². The lowest BCUT2D eigenvalue weighted by atomic mass is 10.2. The van der Waals surface area contributed by atoms with E-state index < -0.39 is 25.1 Å². The second kappa shape index (κ2) is 5.71. The molecule has 112 valence electrons. The highest BCUT2D eigenvalue weighted by Gasteiger charge is 2.31. The van der Waals surface area contributed by atoms with Crippen LogP contribution in [0.1, 0.15) is 18.4 Å². The van der Waals surface area contributed by atoms with Gasteiger partial charge in [-0.15, -0.1) is 0 Å². The van der Waals surface area contributed by atoms with Crippen molar-refractivity contribution in [3.8, 4) is 0 Å². The monoisotopic (exact) mass is 318 g/mol. The van der Waals surface area contributed by atoms with Gasteiger partial charge in [-0.05, 0) is 30.5 Å². The van der Waals surface area contributed by atoms with Crippen molar-refractivity contribution >= 4 is 25.5 Å². The third kappa shape index (κ3) is 3.94. The van der Waals surface area contributed by atoms with Gasteiger partial charge in [0.2, 0.25) is 10.0 Å². The van der Waals surface area contributed by atoms with Crippen LogP contribution in [0, 0.1) is 0 Å². The average Bonchev–Trinajstić information content (AvgIpc) is 2.65. The molecule has 0 radical (unpaired) electrons. The summed E-state index contributed by atoms with van der Waals surface area (Å²) in [5.74, 6) is -0.0561. The predicted octanol–water partition coefficient (Wildman–Crippen LogP) is 0.265. The molecule has 1 saturated heterocycles. The zero-order chi connectivity index (χ0) is 14.8. The number of rotatable bonds is 5. The lowest BCUT2D eigenvalue weighted by Gasteiger charge is -2.11. The van der Waals surface area contributed by atoms with E-state index in [1.54, 1.807) is 24.3 Å². The summed E-state index contributed by atoms with van der Waals surface area (Å²) in [5.41, 5.74) is 6.66. The number of sulfonamides is 1. The van der Waals surface area contributed by atoms with Gasteiger partial charge in [0.05, 0.1) is 16.8 Å². The maximum absolute atomic E-state index is 11.9. The first-order chi connectivity index (χ1) is 9.28. The van der Waals surface area contributed by atoms with Gasteiger partial charge in [0.1, 0.15) is 0 Å². The lowest BCUT2D eigenvalue weighted by molar-refractivity contribution is 0.570. The molecule has 1 fully saturated rings. The summed E-state index contributed by atoms with van der Waals surface area (Å²) in [6, 6.07) is 6.61. The van der Waals surface area contributed by atoms with Crippen LogP contribution in [0.3, 0.4) is 0 Å². The van der Waals surface area contributed by atoms with Gasteiger partial charge in [-0.3, -0.25) is 0 Å². The summed E-state index contributed by atoms with van der Waals surface area (Å²) in [6.45, 7) is -0.0486. The maximum atomic E-state index is 11.9. The molecule has 8 heteroatoms. The smallest absolute Gasteiger partial charge is 0.215 e. The quantitative estimate of drug-likeness (QED) is 0.758. The van der Waals surface area contributed by atoms with Crippen molar-refractivity contribution in [1.82, 2.24) is 4.72 Å². The van der Waals surface area contributed by atoms with Crippen molar-refractivity contribution in [2.75, 3.05) is 18.0 Å². The van der Waals surface area contributed by atoms with E-state index in [1.807, 2.05) is 0 Å². The lowest BCUT2D eigenvalue weighted by Crippen LogP contribution is -2.35. The fraction of sp³-hybridized carbons (Fsp3) is 0.500. The predicted molar refractivity (Wildman–Crippen MR) is 78.3 cm³/mol. The Labute approximate surface area is 119 Å². The molecule has 1 heterocycles. The Morgan fingerprint density at radius 2 is 2.10 bits per heavy atom. The largest absolute Gasteiger partial charge is 0.399 e. The highest BCUT2D eigenvalue weighted by Crippen LogP contribution is 2.19. The number of benzene rings is 1. The minimum absolute atomic E-state index is 0.0486. The molecule has 1 aliphatic rings. The first kappa shape index (κ1) is 15.3. The molecule has 0 spiro atoms. The molecule has 20 heavy (non-hydrogen) atoms. The number of sulfone groups is 1. The number of hydrogen-bond acceptors (Lipinski definition) is 5. The normalized spacial score (nSPS) is 21.9. The summed E-state index contributed by atoms with van der Waals surface area (Å²) >= 11 is 0. The first-order valence-corrected chi connectivity index (χ1v) is 9.69. The van der Waals surface area contributed by atoms with Crippen molar-refractivity contribution in [3.05, 3.63) is 29.8 Å². The Bertz CT molecular complexity index is 683. The molecule has 1 unspecified atom stereocenters. The van der Waals surface area contributed by atoms with Crippen molar-refractivity contribution in [3.63, 3.8) is 0 Å². The van der Waals surface area contributed by atoms with E-state index in [0.717, 1.165) is 0 Å². The van der Waals surface area contributed by atoms with Crippen LogP contribution in [0.5, 0.6) is 0 Å². The molecule has 3 N–H and O–H groups in total. The van der Waals surface area contributed by atoms with Gasteiger partial charge >= 0.3 is 0 Å². The summed E-state index contributed by atoms with van der Waals surface area (Å²) < 4.78 is 49.5. The van der Waals surface area contributed by atoms with Crippen LogP contribution >= 0.6 is 0 Å². The van der Waals surface area contributed by atoms with E-state index in [1.165, 1.54) is 0 Å². The molecule has 2 rings (SSSR count). The second-order valence-corrected chi connectivity index (χ2v) is 9.19. The van der Waals surface area contributed by atoms with E-state index >= 15 is 0 Å². The summed E-state index contributed by atoms with van der Waals surface area (Å²) in [5, 5.41) is -0.599. The molecule has 1 atom stereocenters. The van der Waals surface area contributed by atoms with Gasteiger partial charge in [-0.2, -0.15) is 0 Å². The highest BCUT2D eigenvalue weighted by atomic mass is 32.2. The van der Waals surface area contributed by atoms with Crippen LogP contribution in [0.4, 0.5) is 5.69 Å². The minimum Gasteiger partial charge on any atom is -0.399 e. The molecule has 0 amide bonds. The second-order valence-electron chi connectivity index (χ2n) is 4.98. The molecule has 0 saturated carbocycles. The summed E-state index contributed by atoms with van der Waals surface area (Å²) in [4.78, 5) is 0. The Kier molecular flexibility index (Phi) is 4.36. The third-order valence-electron chi connectivity index (χ3n) is 3.30. The zero-order valence-corrected chi connectivity index (χ0v) is 12.6. The van der Waals surface area contributed by atoms with E-state index in [9.17, 15) is 16.8 Å². The van der Waals surface area contributed by atoms with Crippen molar-refractivity contribution in [1.29, 1.82) is 0 Å². The van der Waals surface area contributed by atoms with Crippen LogP contribution in [0.25, 0.3) is 0 Å². The van der Waals surface area contributed by atoms with Gasteiger partial charge in [0.15, 0.2) is 9.84 Å². The number of anilines is 1. The van der Waals surface area contributed by atoms with Gasteiger partial charge in [-0.25, -0.2) is 21.6 Å². The van der Waals surface area contributed by atoms with Crippen LogP contribution in [-0.4, -0.2) is 34.4 Å². The summed E-state index contributed by atoms with van der Waals surface area (Å²) in [6.07, 6.45) is 1.12. The number of nitrogens with one attached hydrogen (secondary N) is 1. The van der Waals surface area contributed by atoms with E-state index in [0.29, 0.717) is 24.1 Å². The number of nitrogen functional groups attached to an aromatic ring is 1. The number of hydrogen-bond donors (Lipinski definition) is 2. The molecule has 6 nitrogen and oxygen atoms in total. The molecule has 0 bridgehead atoms. The van der Waals surface area contributed by atoms with E-state index in [-0.39, 0.29) is 18.1 Å². The van der Waals surface area contributed by atoms with Gasteiger partial charge in [0, 0.05) is 12.2 Å². The van der Waals surface area contributed by atoms with Gasteiger partial charge < -0.3 is 5.73 Å². The molecular formula is C12H18N2O4S2. The maximum Gasteiger partial charge on any atom is 0.215 e. The molecule has 0 aliphatic carbocycles. The Morgan fingerprint density at radius 3 is 2.70 bits per heavy atom. The van der Waals surface area contributed by atoms with Crippen LogP contribution in [0.2, 0.25) is 0 Å². The third-order valence-corrected chi connectivity index (χ3v) is 6.90. The Balaban J connectivity index is 1.98. The fourth-order valence-electron chi connectivity index (χ4n) is 2.26. The molecule has 1 aliphatic heterocycles.